The van der Waals surface area contributed by atoms with Gasteiger partial charge in [-0.25, -0.2) is 0 Å². The molecule has 1 aliphatic carbocycles. The third-order valence-corrected chi connectivity index (χ3v) is 5.54. The number of rotatable bonds is 6. The molecular weight excluding hydrogens is 372 g/mol. The van der Waals surface area contributed by atoms with Crippen LogP contribution in [0.4, 0.5) is 11.4 Å². The number of hydrogen-bond acceptors (Lipinski definition) is 7. The van der Waals surface area contributed by atoms with Gasteiger partial charge in [-0.15, -0.1) is 0 Å². The molecule has 0 unspecified atom stereocenters. The van der Waals surface area contributed by atoms with Gasteiger partial charge in [0, 0.05) is 18.6 Å². The van der Waals surface area contributed by atoms with Crippen molar-refractivity contribution >= 4 is 40.1 Å². The summed E-state index contributed by atoms with van der Waals surface area (Å²) in [6, 6.07) is 4.18. The molecule has 0 bridgehead atoms. The molecule has 1 aromatic rings. The highest BCUT2D eigenvalue weighted by Gasteiger charge is 2.33. The lowest BCUT2D eigenvalue weighted by Crippen LogP contribution is -2.28. The minimum atomic E-state index is -0.574. The third-order valence-electron chi connectivity index (χ3n) is 4.44. The fourth-order valence-electron chi connectivity index (χ4n) is 3.08. The van der Waals surface area contributed by atoms with Crippen molar-refractivity contribution in [3.8, 4) is 5.75 Å². The van der Waals surface area contributed by atoms with Crippen molar-refractivity contribution in [3.05, 3.63) is 28.3 Å². The van der Waals surface area contributed by atoms with E-state index >= 15 is 0 Å². The van der Waals surface area contributed by atoms with Crippen LogP contribution in [0.2, 0.25) is 0 Å². The van der Waals surface area contributed by atoms with E-state index in [1.807, 2.05) is 0 Å². The van der Waals surface area contributed by atoms with Gasteiger partial charge < -0.3 is 15.4 Å². The Hall–Kier alpha value is -2.62. The summed E-state index contributed by atoms with van der Waals surface area (Å²) >= 11 is 1.25. The number of amidine groups is 1. The maximum absolute atomic E-state index is 12.3. The van der Waals surface area contributed by atoms with Crippen molar-refractivity contribution in [2.45, 2.75) is 43.4 Å². The van der Waals surface area contributed by atoms with Crippen LogP contribution >= 0.6 is 11.8 Å². The van der Waals surface area contributed by atoms with Crippen LogP contribution in [0.25, 0.3) is 0 Å². The Kier molecular flexibility index (Phi) is 5.94. The van der Waals surface area contributed by atoms with Gasteiger partial charge >= 0.3 is 0 Å². The fourth-order valence-corrected chi connectivity index (χ4v) is 4.12. The number of carbonyl (C=O) groups is 2. The molecular formula is C17H20N4O5S. The van der Waals surface area contributed by atoms with E-state index in [9.17, 15) is 19.7 Å². The average Bonchev–Trinajstić information content (AvgIpc) is 3.25. The minimum Gasteiger partial charge on any atom is -0.495 e. The summed E-state index contributed by atoms with van der Waals surface area (Å²) < 4.78 is 5.12. The highest BCUT2D eigenvalue weighted by Crippen LogP contribution is 2.30. The topological polar surface area (TPSA) is 123 Å². The van der Waals surface area contributed by atoms with E-state index in [2.05, 4.69) is 15.6 Å². The van der Waals surface area contributed by atoms with Crippen molar-refractivity contribution in [1.82, 2.24) is 5.32 Å². The van der Waals surface area contributed by atoms with Crippen molar-refractivity contribution in [3.63, 3.8) is 0 Å². The Bertz CT molecular complexity index is 792. The Morgan fingerprint density at radius 2 is 2.19 bits per heavy atom. The van der Waals surface area contributed by atoms with Crippen LogP contribution in [0.15, 0.2) is 23.2 Å². The first kappa shape index (κ1) is 19.2. The van der Waals surface area contributed by atoms with Crippen molar-refractivity contribution in [2.24, 2.45) is 4.99 Å². The van der Waals surface area contributed by atoms with Crippen LogP contribution in [-0.2, 0) is 9.59 Å². The Morgan fingerprint density at radius 1 is 1.44 bits per heavy atom. The first-order chi connectivity index (χ1) is 13.0. The largest absolute Gasteiger partial charge is 0.495 e. The number of thioether (sulfide) groups is 1. The molecule has 1 saturated carbocycles. The Labute approximate surface area is 160 Å². The predicted octanol–water partition coefficient (Wildman–Crippen LogP) is 2.46. The van der Waals surface area contributed by atoms with E-state index in [0.29, 0.717) is 10.9 Å². The molecule has 10 heteroatoms. The van der Waals surface area contributed by atoms with Gasteiger partial charge in [0.15, 0.2) is 5.17 Å². The van der Waals surface area contributed by atoms with Crippen LogP contribution in [0.1, 0.15) is 32.1 Å². The van der Waals surface area contributed by atoms with E-state index in [1.54, 1.807) is 0 Å². The number of nitro benzene ring substituents is 1. The first-order valence-corrected chi connectivity index (χ1v) is 9.52. The lowest BCUT2D eigenvalue weighted by atomic mass is 10.2. The number of ether oxygens (including phenoxy) is 1. The number of aliphatic imine (C=N–C) groups is 1. The number of carbonyl (C=O) groups excluding carboxylic acids is 2. The van der Waals surface area contributed by atoms with Crippen LogP contribution in [-0.4, -0.2) is 40.3 Å². The SMILES string of the molecule is COc1ccc([N+](=O)[O-])cc1NC(=O)C[C@@H]1SC(=NC2CCCC2)NC1=O. The maximum atomic E-state index is 12.3. The zero-order valence-corrected chi connectivity index (χ0v) is 15.6. The molecule has 1 aromatic carbocycles. The quantitative estimate of drug-likeness (QED) is 0.566. The molecule has 2 N–H and O–H groups in total. The van der Waals surface area contributed by atoms with Crippen molar-refractivity contribution in [2.75, 3.05) is 12.4 Å². The molecule has 2 fully saturated rings. The second-order valence-electron chi connectivity index (χ2n) is 6.36. The zero-order chi connectivity index (χ0) is 19.4. The van der Waals surface area contributed by atoms with Gasteiger partial charge in [0.2, 0.25) is 11.8 Å². The number of nitrogens with zero attached hydrogens (tertiary/aromatic N) is 2. The summed E-state index contributed by atoms with van der Waals surface area (Å²) in [5, 5.41) is 16.2. The number of non-ortho nitro benzene ring substituents is 1. The summed E-state index contributed by atoms with van der Waals surface area (Å²) in [5.74, 6) is -0.373. The number of nitrogens with one attached hydrogen (secondary N) is 2. The molecule has 1 heterocycles. The zero-order valence-electron chi connectivity index (χ0n) is 14.8. The van der Waals surface area contributed by atoms with Crippen LogP contribution in [0.5, 0.6) is 5.75 Å². The number of anilines is 1. The third kappa shape index (κ3) is 4.76. The highest BCUT2D eigenvalue weighted by atomic mass is 32.2. The predicted molar refractivity (Wildman–Crippen MR) is 102 cm³/mol. The van der Waals surface area contributed by atoms with E-state index in [1.165, 1.54) is 37.1 Å². The number of amides is 2. The molecule has 144 valence electrons. The summed E-state index contributed by atoms with van der Waals surface area (Å²) in [7, 11) is 1.41. The lowest BCUT2D eigenvalue weighted by molar-refractivity contribution is -0.384. The normalized spacial score (nSPS) is 21.3. The summed E-state index contributed by atoms with van der Waals surface area (Å²) in [4.78, 5) is 39.4. The molecule has 1 atom stereocenters. The number of nitro groups is 1. The number of methoxy groups -OCH3 is 1. The second-order valence-corrected chi connectivity index (χ2v) is 7.55. The summed E-state index contributed by atoms with van der Waals surface area (Å²) in [5.41, 5.74) is 0.0324. The maximum Gasteiger partial charge on any atom is 0.271 e. The molecule has 9 nitrogen and oxygen atoms in total. The number of benzene rings is 1. The van der Waals surface area contributed by atoms with E-state index in [0.717, 1.165) is 25.7 Å². The summed E-state index contributed by atoms with van der Waals surface area (Å²) in [6.07, 6.45) is 4.29. The second kappa shape index (κ2) is 8.38. The van der Waals surface area contributed by atoms with E-state index < -0.39 is 16.1 Å². The summed E-state index contributed by atoms with van der Waals surface area (Å²) in [6.45, 7) is 0. The minimum absolute atomic E-state index is 0.0635. The number of hydrogen-bond donors (Lipinski definition) is 2. The molecule has 1 saturated heterocycles. The highest BCUT2D eigenvalue weighted by molar-refractivity contribution is 8.15. The molecule has 0 aromatic heterocycles. The van der Waals surface area contributed by atoms with Crippen LogP contribution < -0.4 is 15.4 Å². The van der Waals surface area contributed by atoms with Gasteiger partial charge in [-0.3, -0.25) is 24.7 Å². The molecule has 0 radical (unpaired) electrons. The molecule has 2 amide bonds. The van der Waals surface area contributed by atoms with Gasteiger partial charge in [0.1, 0.15) is 11.0 Å². The van der Waals surface area contributed by atoms with Crippen LogP contribution in [0.3, 0.4) is 0 Å². The van der Waals surface area contributed by atoms with Gasteiger partial charge in [-0.05, 0) is 18.9 Å². The van der Waals surface area contributed by atoms with Gasteiger partial charge in [0.25, 0.3) is 5.69 Å². The average molecular weight is 392 g/mol. The molecule has 3 rings (SSSR count). The van der Waals surface area contributed by atoms with Crippen molar-refractivity contribution in [1.29, 1.82) is 0 Å². The standard InChI is InChI=1S/C17H20N4O5S/c1-26-13-7-6-11(21(24)25)8-12(13)19-15(22)9-14-16(23)20-17(27-14)18-10-4-2-3-5-10/h6-8,10,14H,2-5,9H2,1H3,(H,19,22)(H,18,20,23)/t14-/m0/s1. The van der Waals surface area contributed by atoms with Gasteiger partial charge in [-0.1, -0.05) is 24.6 Å². The Morgan fingerprint density at radius 3 is 2.85 bits per heavy atom. The van der Waals surface area contributed by atoms with Gasteiger partial charge in [-0.2, -0.15) is 0 Å². The Balaban J connectivity index is 1.63. The monoisotopic (exact) mass is 392 g/mol. The van der Waals surface area contributed by atoms with Crippen LogP contribution in [0, 0.1) is 10.1 Å². The smallest absolute Gasteiger partial charge is 0.271 e. The lowest BCUT2D eigenvalue weighted by Gasteiger charge is -2.11. The van der Waals surface area contributed by atoms with E-state index in [-0.39, 0.29) is 29.7 Å². The molecule has 0 spiro atoms. The fraction of sp³-hybridized carbons (Fsp3) is 0.471. The molecule has 1 aliphatic heterocycles. The van der Waals surface area contributed by atoms with Crippen molar-refractivity contribution < 1.29 is 19.2 Å². The first-order valence-electron chi connectivity index (χ1n) is 8.64. The van der Waals surface area contributed by atoms with Gasteiger partial charge in [0.05, 0.1) is 23.8 Å². The molecule has 2 aliphatic rings. The van der Waals surface area contributed by atoms with E-state index in [4.69, 9.17) is 4.74 Å². The molecule has 27 heavy (non-hydrogen) atoms.